The van der Waals surface area contributed by atoms with Crippen molar-refractivity contribution in [2.75, 3.05) is 19.6 Å². The minimum absolute atomic E-state index is 0.00894. The van der Waals surface area contributed by atoms with Crippen molar-refractivity contribution < 1.29 is 22.0 Å². The van der Waals surface area contributed by atoms with E-state index in [4.69, 9.17) is 0 Å². The fourth-order valence-corrected chi connectivity index (χ4v) is 5.85. The van der Waals surface area contributed by atoms with Crippen LogP contribution < -0.4 is 0 Å². The number of carbonyl (C=O) groups excluding carboxylic acids is 1. The van der Waals surface area contributed by atoms with Crippen molar-refractivity contribution in [3.63, 3.8) is 0 Å². The molecular formula is C27H28F2N2O3S. The number of rotatable bonds is 8. The van der Waals surface area contributed by atoms with Crippen LogP contribution >= 0.6 is 0 Å². The molecule has 0 radical (unpaired) electrons. The predicted molar refractivity (Wildman–Crippen MR) is 130 cm³/mol. The molecule has 3 aromatic carbocycles. The minimum atomic E-state index is -3.96. The molecule has 1 saturated heterocycles. The van der Waals surface area contributed by atoms with Crippen molar-refractivity contribution >= 4 is 15.9 Å². The predicted octanol–water partition coefficient (Wildman–Crippen LogP) is 4.64. The van der Waals surface area contributed by atoms with Crippen LogP contribution in [0.25, 0.3) is 0 Å². The van der Waals surface area contributed by atoms with Crippen molar-refractivity contribution in [3.8, 4) is 0 Å². The molecule has 0 aliphatic carbocycles. The Morgan fingerprint density at radius 2 is 1.46 bits per heavy atom. The maximum atomic E-state index is 13.6. The summed E-state index contributed by atoms with van der Waals surface area (Å²) in [5.74, 6) is -2.59. The van der Waals surface area contributed by atoms with Crippen LogP contribution in [0, 0.1) is 17.6 Å². The van der Waals surface area contributed by atoms with Crippen molar-refractivity contribution in [1.29, 1.82) is 0 Å². The summed E-state index contributed by atoms with van der Waals surface area (Å²) >= 11 is 0. The standard InChI is InChI=1S/C27H28F2N2O3S/c28-25-12-11-24(19-26(25)29)35(33,34)31-17-14-23(15-18-31)27(32)30(20-22-9-5-2-6-10-22)16-13-21-7-3-1-4-8-21/h1-12,19,23H,13-18,20H2. The highest BCUT2D eigenvalue weighted by atomic mass is 32.2. The van der Waals surface area contributed by atoms with E-state index in [-0.39, 0.29) is 29.8 Å². The molecule has 5 nitrogen and oxygen atoms in total. The highest BCUT2D eigenvalue weighted by molar-refractivity contribution is 7.89. The van der Waals surface area contributed by atoms with Gasteiger partial charge in [-0.05, 0) is 48.6 Å². The molecule has 0 N–H and O–H groups in total. The third kappa shape index (κ3) is 6.13. The molecule has 1 fully saturated rings. The van der Waals surface area contributed by atoms with E-state index < -0.39 is 21.7 Å². The van der Waals surface area contributed by atoms with E-state index in [2.05, 4.69) is 0 Å². The van der Waals surface area contributed by atoms with Gasteiger partial charge in [-0.1, -0.05) is 60.7 Å². The lowest BCUT2D eigenvalue weighted by Gasteiger charge is -2.34. The zero-order chi connectivity index (χ0) is 24.8. The molecule has 1 aliphatic rings. The van der Waals surface area contributed by atoms with Crippen LogP contribution in [0.1, 0.15) is 24.0 Å². The number of nitrogens with zero attached hydrogens (tertiary/aromatic N) is 2. The zero-order valence-corrected chi connectivity index (χ0v) is 20.1. The molecule has 4 rings (SSSR count). The van der Waals surface area contributed by atoms with E-state index in [0.29, 0.717) is 32.0 Å². The van der Waals surface area contributed by atoms with Gasteiger partial charge in [0.05, 0.1) is 4.90 Å². The van der Waals surface area contributed by atoms with Gasteiger partial charge in [0.2, 0.25) is 15.9 Å². The summed E-state index contributed by atoms with van der Waals surface area (Å²) in [4.78, 5) is 15.1. The lowest BCUT2D eigenvalue weighted by Crippen LogP contribution is -2.44. The lowest BCUT2D eigenvalue weighted by molar-refractivity contribution is -0.137. The second-order valence-electron chi connectivity index (χ2n) is 8.74. The summed E-state index contributed by atoms with van der Waals surface area (Å²) in [6.07, 6.45) is 1.47. The van der Waals surface area contributed by atoms with Gasteiger partial charge in [-0.25, -0.2) is 17.2 Å². The third-order valence-electron chi connectivity index (χ3n) is 6.37. The van der Waals surface area contributed by atoms with Gasteiger partial charge in [-0.15, -0.1) is 0 Å². The van der Waals surface area contributed by atoms with Gasteiger partial charge in [0.1, 0.15) is 0 Å². The molecule has 3 aromatic rings. The second-order valence-corrected chi connectivity index (χ2v) is 10.7. The molecule has 8 heteroatoms. The Hall–Kier alpha value is -3.10. The summed E-state index contributed by atoms with van der Waals surface area (Å²) in [7, 11) is -3.96. The largest absolute Gasteiger partial charge is 0.338 e. The van der Waals surface area contributed by atoms with Crippen LogP contribution in [0.4, 0.5) is 8.78 Å². The first-order valence-corrected chi connectivity index (χ1v) is 13.1. The molecule has 35 heavy (non-hydrogen) atoms. The molecule has 0 bridgehead atoms. The highest BCUT2D eigenvalue weighted by Gasteiger charge is 2.34. The molecule has 1 aliphatic heterocycles. The Balaban J connectivity index is 1.43. The molecule has 0 aromatic heterocycles. The number of benzene rings is 3. The first kappa shape index (κ1) is 25.0. The number of carbonyl (C=O) groups is 1. The number of hydrogen-bond acceptors (Lipinski definition) is 3. The molecule has 1 amide bonds. The second kappa shape index (κ2) is 11.1. The smallest absolute Gasteiger partial charge is 0.243 e. The van der Waals surface area contributed by atoms with Crippen LogP contribution in [-0.4, -0.2) is 43.2 Å². The maximum absolute atomic E-state index is 13.6. The van der Waals surface area contributed by atoms with Gasteiger partial charge in [0, 0.05) is 32.1 Å². The molecule has 0 atom stereocenters. The van der Waals surface area contributed by atoms with Crippen LogP contribution in [-0.2, 0) is 27.8 Å². The SMILES string of the molecule is O=C(C1CCN(S(=O)(=O)c2ccc(F)c(F)c2)CC1)N(CCc1ccccc1)Cc1ccccc1. The van der Waals surface area contributed by atoms with E-state index in [1.807, 2.05) is 65.6 Å². The van der Waals surface area contributed by atoms with Crippen LogP contribution in [0.3, 0.4) is 0 Å². The average molecular weight is 499 g/mol. The van der Waals surface area contributed by atoms with Crippen LogP contribution in [0.2, 0.25) is 0 Å². The van der Waals surface area contributed by atoms with Gasteiger partial charge in [0.15, 0.2) is 11.6 Å². The van der Waals surface area contributed by atoms with Crippen molar-refractivity contribution in [3.05, 3.63) is 102 Å². The molecule has 184 valence electrons. The monoisotopic (exact) mass is 498 g/mol. The zero-order valence-electron chi connectivity index (χ0n) is 19.3. The normalized spacial score (nSPS) is 15.1. The van der Waals surface area contributed by atoms with Gasteiger partial charge in [0.25, 0.3) is 0 Å². The Bertz CT molecular complexity index is 1250. The minimum Gasteiger partial charge on any atom is -0.338 e. The van der Waals surface area contributed by atoms with Crippen molar-refractivity contribution in [1.82, 2.24) is 9.21 Å². The number of halogens is 2. The quantitative estimate of drug-likeness (QED) is 0.455. The highest BCUT2D eigenvalue weighted by Crippen LogP contribution is 2.26. The average Bonchev–Trinajstić information content (AvgIpc) is 2.89. The fraction of sp³-hybridized carbons (Fsp3) is 0.296. The van der Waals surface area contributed by atoms with Crippen molar-refractivity contribution in [2.24, 2.45) is 5.92 Å². The summed E-state index contributed by atoms with van der Waals surface area (Å²) < 4.78 is 53.9. The van der Waals surface area contributed by atoms with Gasteiger partial charge < -0.3 is 4.90 Å². The topological polar surface area (TPSA) is 57.7 Å². The molecule has 0 unspecified atom stereocenters. The fourth-order valence-electron chi connectivity index (χ4n) is 4.37. The van der Waals surface area contributed by atoms with Gasteiger partial charge >= 0.3 is 0 Å². The van der Waals surface area contributed by atoms with Crippen molar-refractivity contribution in [2.45, 2.75) is 30.7 Å². The number of piperidine rings is 1. The molecule has 0 saturated carbocycles. The third-order valence-corrected chi connectivity index (χ3v) is 8.27. The summed E-state index contributed by atoms with van der Waals surface area (Å²) in [6, 6.07) is 22.3. The summed E-state index contributed by atoms with van der Waals surface area (Å²) in [5, 5.41) is 0. The first-order valence-electron chi connectivity index (χ1n) is 11.7. The van der Waals surface area contributed by atoms with Crippen LogP contribution in [0.15, 0.2) is 83.8 Å². The number of sulfonamides is 1. The van der Waals surface area contributed by atoms with E-state index in [1.165, 1.54) is 4.31 Å². The Kier molecular flexibility index (Phi) is 7.93. The molecular weight excluding hydrogens is 470 g/mol. The van der Waals surface area contributed by atoms with E-state index in [0.717, 1.165) is 29.7 Å². The first-order chi connectivity index (χ1) is 16.8. The Labute approximate surface area is 205 Å². The number of hydrogen-bond donors (Lipinski definition) is 0. The Morgan fingerprint density at radius 3 is 2.06 bits per heavy atom. The number of amides is 1. The molecule has 0 spiro atoms. The summed E-state index contributed by atoms with van der Waals surface area (Å²) in [6.45, 7) is 1.34. The summed E-state index contributed by atoms with van der Waals surface area (Å²) in [5.41, 5.74) is 2.18. The lowest BCUT2D eigenvalue weighted by atomic mass is 9.96. The maximum Gasteiger partial charge on any atom is 0.243 e. The molecule has 1 heterocycles. The van der Waals surface area contributed by atoms with Gasteiger partial charge in [-0.3, -0.25) is 4.79 Å². The van der Waals surface area contributed by atoms with E-state index in [1.54, 1.807) is 0 Å². The Morgan fingerprint density at radius 1 is 0.857 bits per heavy atom. The van der Waals surface area contributed by atoms with Crippen LogP contribution in [0.5, 0.6) is 0 Å². The van der Waals surface area contributed by atoms with Gasteiger partial charge in [-0.2, -0.15) is 4.31 Å². The van der Waals surface area contributed by atoms with E-state index in [9.17, 15) is 22.0 Å². The van der Waals surface area contributed by atoms with E-state index >= 15 is 0 Å².